The van der Waals surface area contributed by atoms with Crippen LogP contribution in [0.15, 0.2) is 24.3 Å². The molecule has 1 aromatic rings. The van der Waals surface area contributed by atoms with E-state index in [1.807, 2.05) is 0 Å². The molecular weight excluding hydrogens is 168 g/mol. The fourth-order valence-corrected chi connectivity index (χ4v) is 3.01. The highest BCUT2D eigenvalue weighted by Gasteiger charge is 2.32. The molecule has 76 valence electrons. The molecule has 0 amide bonds. The molecule has 0 unspecified atom stereocenters. The molecule has 2 rings (SSSR count). The largest absolute Gasteiger partial charge is 0.0651 e. The Labute approximate surface area is 87.3 Å². The van der Waals surface area contributed by atoms with Gasteiger partial charge in [-0.3, -0.25) is 0 Å². The highest BCUT2D eigenvalue weighted by atomic mass is 14.4. The zero-order chi connectivity index (χ0) is 10.1. The van der Waals surface area contributed by atoms with E-state index in [4.69, 9.17) is 0 Å². The van der Waals surface area contributed by atoms with Crippen LogP contribution in [-0.2, 0) is 6.42 Å². The highest BCUT2D eigenvalue weighted by molar-refractivity contribution is 5.36. The van der Waals surface area contributed by atoms with E-state index < -0.39 is 0 Å². The number of hydrogen-bond donors (Lipinski definition) is 0. The van der Waals surface area contributed by atoms with Gasteiger partial charge in [-0.15, -0.1) is 0 Å². The number of benzene rings is 1. The second kappa shape index (κ2) is 3.76. The van der Waals surface area contributed by atoms with Crippen molar-refractivity contribution in [3.05, 3.63) is 35.4 Å². The van der Waals surface area contributed by atoms with Gasteiger partial charge in [0.25, 0.3) is 0 Å². The van der Waals surface area contributed by atoms with Crippen molar-refractivity contribution in [1.29, 1.82) is 0 Å². The number of fused-ring (bicyclic) bond motifs is 1. The molecule has 0 nitrogen and oxygen atoms in total. The average molecular weight is 188 g/mol. The first-order valence-corrected chi connectivity index (χ1v) is 5.81. The Morgan fingerprint density at radius 3 is 2.64 bits per heavy atom. The minimum absolute atomic E-state index is 0.781. The van der Waals surface area contributed by atoms with Crippen molar-refractivity contribution >= 4 is 0 Å². The molecule has 0 fully saturated rings. The molecule has 0 heteroatoms. The second-order valence-corrected chi connectivity index (χ2v) is 4.84. The SMILES string of the molecule is CC[C@H]1Cc2ccccc2[C@H]1C(C)C. The van der Waals surface area contributed by atoms with Crippen LogP contribution in [0.5, 0.6) is 0 Å². The Bertz CT molecular complexity index is 312. The Morgan fingerprint density at radius 1 is 1.29 bits per heavy atom. The summed E-state index contributed by atoms with van der Waals surface area (Å²) in [5, 5.41) is 0. The zero-order valence-electron chi connectivity index (χ0n) is 9.46. The molecule has 1 aromatic carbocycles. The van der Waals surface area contributed by atoms with E-state index in [1.54, 1.807) is 11.1 Å². The van der Waals surface area contributed by atoms with Crippen molar-refractivity contribution in [2.24, 2.45) is 11.8 Å². The van der Waals surface area contributed by atoms with E-state index in [2.05, 4.69) is 45.0 Å². The van der Waals surface area contributed by atoms with E-state index in [9.17, 15) is 0 Å². The van der Waals surface area contributed by atoms with Gasteiger partial charge >= 0.3 is 0 Å². The lowest BCUT2D eigenvalue weighted by atomic mass is 9.82. The summed E-state index contributed by atoms with van der Waals surface area (Å²) in [6, 6.07) is 9.00. The third-order valence-electron chi connectivity index (χ3n) is 3.65. The Morgan fingerprint density at radius 2 is 2.00 bits per heavy atom. The quantitative estimate of drug-likeness (QED) is 0.658. The van der Waals surface area contributed by atoms with Gasteiger partial charge in [0, 0.05) is 0 Å². The molecule has 0 aromatic heterocycles. The lowest BCUT2D eigenvalue weighted by molar-refractivity contribution is 0.359. The predicted octanol–water partition coefficient (Wildman–Crippen LogP) is 4.01. The van der Waals surface area contributed by atoms with Crippen LogP contribution in [0.2, 0.25) is 0 Å². The van der Waals surface area contributed by atoms with E-state index in [1.165, 1.54) is 12.8 Å². The van der Waals surface area contributed by atoms with Crippen molar-refractivity contribution in [3.63, 3.8) is 0 Å². The van der Waals surface area contributed by atoms with E-state index in [-0.39, 0.29) is 0 Å². The first-order valence-electron chi connectivity index (χ1n) is 5.81. The molecule has 0 spiro atoms. The summed E-state index contributed by atoms with van der Waals surface area (Å²) in [5.74, 6) is 2.46. The monoisotopic (exact) mass is 188 g/mol. The van der Waals surface area contributed by atoms with Crippen LogP contribution in [0.1, 0.15) is 44.2 Å². The van der Waals surface area contributed by atoms with Crippen molar-refractivity contribution < 1.29 is 0 Å². The lowest BCUT2D eigenvalue weighted by Gasteiger charge is -2.22. The summed E-state index contributed by atoms with van der Waals surface area (Å²) in [7, 11) is 0. The first kappa shape index (κ1) is 9.76. The van der Waals surface area contributed by atoms with Crippen LogP contribution >= 0.6 is 0 Å². The summed E-state index contributed by atoms with van der Waals surface area (Å²) in [4.78, 5) is 0. The fraction of sp³-hybridized carbons (Fsp3) is 0.571. The van der Waals surface area contributed by atoms with Crippen molar-refractivity contribution in [3.8, 4) is 0 Å². The molecule has 0 bridgehead atoms. The van der Waals surface area contributed by atoms with Gasteiger partial charge in [-0.2, -0.15) is 0 Å². The van der Waals surface area contributed by atoms with Gasteiger partial charge in [0.05, 0.1) is 0 Å². The minimum atomic E-state index is 0.781. The van der Waals surface area contributed by atoms with Crippen LogP contribution in [0.25, 0.3) is 0 Å². The smallest absolute Gasteiger partial charge is 0.0105 e. The summed E-state index contributed by atoms with van der Waals surface area (Å²) >= 11 is 0. The van der Waals surface area contributed by atoms with E-state index in [0.717, 1.165) is 17.8 Å². The number of rotatable bonds is 2. The molecule has 0 saturated carbocycles. The van der Waals surface area contributed by atoms with Gasteiger partial charge in [0.15, 0.2) is 0 Å². The topological polar surface area (TPSA) is 0 Å². The zero-order valence-corrected chi connectivity index (χ0v) is 9.46. The molecule has 0 saturated heterocycles. The van der Waals surface area contributed by atoms with Crippen molar-refractivity contribution in [2.45, 2.75) is 39.5 Å². The minimum Gasteiger partial charge on any atom is -0.0651 e. The van der Waals surface area contributed by atoms with Gasteiger partial charge in [0.2, 0.25) is 0 Å². The summed E-state index contributed by atoms with van der Waals surface area (Å²) < 4.78 is 0. The summed E-state index contributed by atoms with van der Waals surface area (Å²) in [5.41, 5.74) is 3.22. The number of hydrogen-bond acceptors (Lipinski definition) is 0. The van der Waals surface area contributed by atoms with Crippen LogP contribution in [0, 0.1) is 11.8 Å². The average Bonchev–Trinajstić information content (AvgIpc) is 2.55. The molecule has 2 atom stereocenters. The molecule has 1 aliphatic rings. The van der Waals surface area contributed by atoms with Gasteiger partial charge in [-0.05, 0) is 35.3 Å². The van der Waals surface area contributed by atoms with Crippen LogP contribution in [0.4, 0.5) is 0 Å². The van der Waals surface area contributed by atoms with Crippen molar-refractivity contribution in [1.82, 2.24) is 0 Å². The molecule has 1 aliphatic carbocycles. The van der Waals surface area contributed by atoms with Crippen molar-refractivity contribution in [2.75, 3.05) is 0 Å². The Hall–Kier alpha value is -0.780. The summed E-state index contributed by atoms with van der Waals surface area (Å²) in [6.45, 7) is 7.04. The standard InChI is InChI=1S/C14H20/c1-4-11-9-12-7-5-6-8-13(12)14(11)10(2)3/h5-8,10-11,14H,4,9H2,1-3H3/t11-,14-/m0/s1. The van der Waals surface area contributed by atoms with Crippen LogP contribution < -0.4 is 0 Å². The van der Waals surface area contributed by atoms with E-state index in [0.29, 0.717) is 0 Å². The first-order chi connectivity index (χ1) is 6.74. The molecule has 14 heavy (non-hydrogen) atoms. The lowest BCUT2D eigenvalue weighted by Crippen LogP contribution is -2.12. The maximum atomic E-state index is 2.36. The highest BCUT2D eigenvalue weighted by Crippen LogP contribution is 2.43. The maximum absolute atomic E-state index is 2.36. The third-order valence-corrected chi connectivity index (χ3v) is 3.65. The molecule has 0 radical (unpaired) electrons. The molecule has 0 heterocycles. The maximum Gasteiger partial charge on any atom is -0.0105 e. The van der Waals surface area contributed by atoms with Crippen LogP contribution in [-0.4, -0.2) is 0 Å². The van der Waals surface area contributed by atoms with Gasteiger partial charge in [-0.1, -0.05) is 51.5 Å². The third kappa shape index (κ3) is 1.47. The Kier molecular flexibility index (Phi) is 2.62. The predicted molar refractivity (Wildman–Crippen MR) is 61.5 cm³/mol. The second-order valence-electron chi connectivity index (χ2n) is 4.84. The molecular formula is C14H20. The molecule has 0 N–H and O–H groups in total. The van der Waals surface area contributed by atoms with Gasteiger partial charge < -0.3 is 0 Å². The summed E-state index contributed by atoms with van der Waals surface area (Å²) in [6.07, 6.45) is 2.62. The van der Waals surface area contributed by atoms with Crippen LogP contribution in [0.3, 0.4) is 0 Å². The fourth-order valence-electron chi connectivity index (χ4n) is 3.01. The van der Waals surface area contributed by atoms with Gasteiger partial charge in [0.1, 0.15) is 0 Å². The Balaban J connectivity index is 2.37. The molecule has 0 aliphatic heterocycles. The van der Waals surface area contributed by atoms with Gasteiger partial charge in [-0.25, -0.2) is 0 Å². The normalized spacial score (nSPS) is 25.4. The van der Waals surface area contributed by atoms with E-state index >= 15 is 0 Å².